The number of nitrogens with zero attached hydrogens (tertiary/aromatic N) is 2. The summed E-state index contributed by atoms with van der Waals surface area (Å²) in [4.78, 5) is 6.62. The largest absolute Gasteiger partial charge is 0.494 e. The van der Waals surface area contributed by atoms with E-state index in [0.717, 1.165) is 34.2 Å². The van der Waals surface area contributed by atoms with Crippen LogP contribution in [0.25, 0.3) is 11.3 Å². The second kappa shape index (κ2) is 11.9. The smallest absolute Gasteiger partial charge is 0.174 e. The molecule has 2 aromatic carbocycles. The molecule has 196 valence electrons. The Morgan fingerprint density at radius 3 is 2.58 bits per heavy atom. The third-order valence-electron chi connectivity index (χ3n) is 6.20. The molecule has 3 heterocycles. The van der Waals surface area contributed by atoms with Gasteiger partial charge < -0.3 is 28.8 Å². The third-order valence-corrected chi connectivity index (χ3v) is 6.81. The molecule has 1 N–H and O–H groups in total. The molecule has 0 saturated carbocycles. The van der Waals surface area contributed by atoms with Gasteiger partial charge in [0.25, 0.3) is 0 Å². The molecule has 0 unspecified atom stereocenters. The average Bonchev–Trinajstić information content (AvgIpc) is 3.55. The van der Waals surface area contributed by atoms with Crippen LogP contribution in [0.5, 0.6) is 11.5 Å². The number of aromatic nitrogens is 1. The van der Waals surface area contributed by atoms with Gasteiger partial charge in [-0.25, -0.2) is 0 Å². The Morgan fingerprint density at radius 1 is 1.03 bits per heavy atom. The molecule has 0 radical (unpaired) electrons. The van der Waals surface area contributed by atoms with Crippen molar-refractivity contribution >= 4 is 34.6 Å². The van der Waals surface area contributed by atoms with E-state index in [1.807, 2.05) is 84.6 Å². The topological polar surface area (TPSA) is 69.0 Å². The lowest BCUT2D eigenvalue weighted by Gasteiger charge is -2.26. The molecular formula is C29H28ClN3O4S. The van der Waals surface area contributed by atoms with Crippen LogP contribution in [0.15, 0.2) is 83.4 Å². The minimum atomic E-state index is -0.301. The second-order valence-electron chi connectivity index (χ2n) is 8.61. The number of pyridine rings is 1. The van der Waals surface area contributed by atoms with Crippen LogP contribution in [0.4, 0.5) is 5.69 Å². The number of hydrogen-bond donors (Lipinski definition) is 1. The number of halogens is 1. The molecule has 5 rings (SSSR count). The number of hydrogen-bond acceptors (Lipinski definition) is 6. The number of rotatable bonds is 10. The fraction of sp³-hybridized carbons (Fsp3) is 0.241. The number of thiocarbonyl (C=S) groups is 1. The van der Waals surface area contributed by atoms with Crippen LogP contribution in [-0.2, 0) is 4.74 Å². The average molecular weight is 550 g/mol. The van der Waals surface area contributed by atoms with Gasteiger partial charge in [0.05, 0.1) is 30.0 Å². The van der Waals surface area contributed by atoms with Crippen molar-refractivity contribution in [1.29, 1.82) is 0 Å². The summed E-state index contributed by atoms with van der Waals surface area (Å²) < 4.78 is 22.8. The number of ether oxygens (including phenoxy) is 3. The molecule has 0 amide bonds. The van der Waals surface area contributed by atoms with Crippen LogP contribution >= 0.6 is 23.8 Å². The Hall–Kier alpha value is -3.59. The van der Waals surface area contributed by atoms with Crippen molar-refractivity contribution in [2.75, 3.05) is 31.8 Å². The Kier molecular flexibility index (Phi) is 8.12. The van der Waals surface area contributed by atoms with E-state index in [1.54, 1.807) is 13.3 Å². The van der Waals surface area contributed by atoms with E-state index < -0.39 is 0 Å². The zero-order valence-electron chi connectivity index (χ0n) is 21.1. The number of furan rings is 1. The first kappa shape index (κ1) is 26.0. The van der Waals surface area contributed by atoms with Gasteiger partial charge in [-0.1, -0.05) is 17.7 Å². The highest BCUT2D eigenvalue weighted by molar-refractivity contribution is 7.80. The van der Waals surface area contributed by atoms with Gasteiger partial charge in [-0.2, -0.15) is 0 Å². The van der Waals surface area contributed by atoms with E-state index in [2.05, 4.69) is 10.3 Å². The minimum absolute atomic E-state index is 0.237. The summed E-state index contributed by atoms with van der Waals surface area (Å²) in [6, 6.07) is 22.7. The first-order valence-electron chi connectivity index (χ1n) is 12.3. The lowest BCUT2D eigenvalue weighted by atomic mass is 10.0. The van der Waals surface area contributed by atoms with E-state index >= 15 is 0 Å². The number of anilines is 1. The maximum atomic E-state index is 6.60. The number of nitrogens with one attached hydrogen (secondary N) is 1. The summed E-state index contributed by atoms with van der Waals surface area (Å²) >= 11 is 12.4. The van der Waals surface area contributed by atoms with E-state index in [0.29, 0.717) is 35.7 Å². The lowest BCUT2D eigenvalue weighted by Crippen LogP contribution is -2.29. The Bertz CT molecular complexity index is 1380. The predicted octanol–water partition coefficient (Wildman–Crippen LogP) is 6.60. The van der Waals surface area contributed by atoms with Gasteiger partial charge in [0.15, 0.2) is 5.11 Å². The molecule has 1 saturated heterocycles. The number of methoxy groups -OCH3 is 1. The number of benzene rings is 2. The van der Waals surface area contributed by atoms with Crippen LogP contribution in [0.1, 0.15) is 30.5 Å². The molecule has 2 aromatic heterocycles. The van der Waals surface area contributed by atoms with Crippen molar-refractivity contribution in [3.63, 3.8) is 0 Å². The molecule has 1 aliphatic rings. The minimum Gasteiger partial charge on any atom is -0.494 e. The summed E-state index contributed by atoms with van der Waals surface area (Å²) in [7, 11) is 1.63. The van der Waals surface area contributed by atoms with Gasteiger partial charge in [0, 0.05) is 24.6 Å². The molecule has 0 bridgehead atoms. The van der Waals surface area contributed by atoms with Crippen LogP contribution in [0.2, 0.25) is 5.02 Å². The summed E-state index contributed by atoms with van der Waals surface area (Å²) in [5.41, 5.74) is 2.62. The summed E-state index contributed by atoms with van der Waals surface area (Å²) in [5, 5.41) is 4.47. The van der Waals surface area contributed by atoms with Crippen molar-refractivity contribution in [2.24, 2.45) is 0 Å². The SMILES string of the molecule is CCOc1ccc(-c2ccc([C@@H]3[C@@H](c4ccccn4)NC(=S)N3c3ccc(OCCOC)c(Cl)c3)o2)cc1. The first-order valence-corrected chi connectivity index (χ1v) is 13.1. The molecule has 0 spiro atoms. The Labute approximate surface area is 232 Å². The standard InChI is InChI=1S/C29H28ClN3O4S/c1-3-35-21-10-7-19(8-11-21)24-13-14-26(37-24)28-27(23-6-4-5-15-31-23)32-29(38)33(28)20-9-12-25(22(30)18-20)36-17-16-34-2/h4-15,18,27-28H,3,16-17H2,1-2H3,(H,32,38)/t27-,28-/m1/s1. The van der Waals surface area contributed by atoms with Crippen molar-refractivity contribution in [2.45, 2.75) is 19.0 Å². The van der Waals surface area contributed by atoms with Crippen molar-refractivity contribution in [1.82, 2.24) is 10.3 Å². The van der Waals surface area contributed by atoms with Crippen LogP contribution in [0, 0.1) is 0 Å². The second-order valence-corrected chi connectivity index (χ2v) is 9.41. The normalized spacial score (nSPS) is 16.9. The molecule has 38 heavy (non-hydrogen) atoms. The molecule has 1 fully saturated rings. The van der Waals surface area contributed by atoms with E-state index in [9.17, 15) is 0 Å². The maximum absolute atomic E-state index is 6.60. The Balaban J connectivity index is 1.50. The quantitative estimate of drug-likeness (QED) is 0.175. The van der Waals surface area contributed by atoms with Crippen molar-refractivity contribution in [3.8, 4) is 22.8 Å². The van der Waals surface area contributed by atoms with Gasteiger partial charge >= 0.3 is 0 Å². The molecule has 7 nitrogen and oxygen atoms in total. The van der Waals surface area contributed by atoms with E-state index in [-0.39, 0.29) is 12.1 Å². The molecule has 4 aromatic rings. The van der Waals surface area contributed by atoms with Crippen LogP contribution in [-0.4, -0.2) is 37.0 Å². The van der Waals surface area contributed by atoms with Crippen molar-refractivity contribution in [3.05, 3.63) is 95.5 Å². The van der Waals surface area contributed by atoms with Gasteiger partial charge in [-0.15, -0.1) is 0 Å². The van der Waals surface area contributed by atoms with Crippen molar-refractivity contribution < 1.29 is 18.6 Å². The zero-order valence-corrected chi connectivity index (χ0v) is 22.7. The third kappa shape index (κ3) is 5.48. The van der Waals surface area contributed by atoms with E-state index in [1.165, 1.54) is 0 Å². The first-order chi connectivity index (χ1) is 18.6. The molecular weight excluding hydrogens is 522 g/mol. The van der Waals surface area contributed by atoms with Gasteiger partial charge in [-0.3, -0.25) is 4.98 Å². The highest BCUT2D eigenvalue weighted by Gasteiger charge is 2.42. The van der Waals surface area contributed by atoms with E-state index in [4.69, 9.17) is 42.4 Å². The van der Waals surface area contributed by atoms with Crippen LogP contribution in [0.3, 0.4) is 0 Å². The summed E-state index contributed by atoms with van der Waals surface area (Å²) in [5.74, 6) is 2.90. The monoisotopic (exact) mass is 549 g/mol. The predicted molar refractivity (Wildman–Crippen MR) is 152 cm³/mol. The summed E-state index contributed by atoms with van der Waals surface area (Å²) in [6.45, 7) is 3.46. The van der Waals surface area contributed by atoms with Gasteiger partial charge in [0.1, 0.15) is 35.7 Å². The lowest BCUT2D eigenvalue weighted by molar-refractivity contribution is 0.146. The summed E-state index contributed by atoms with van der Waals surface area (Å²) in [6.07, 6.45) is 1.77. The highest BCUT2D eigenvalue weighted by Crippen LogP contribution is 2.44. The fourth-order valence-electron chi connectivity index (χ4n) is 4.46. The molecule has 9 heteroatoms. The van der Waals surface area contributed by atoms with Crippen LogP contribution < -0.4 is 19.7 Å². The highest BCUT2D eigenvalue weighted by atomic mass is 35.5. The zero-order chi connectivity index (χ0) is 26.5. The molecule has 0 aliphatic carbocycles. The maximum Gasteiger partial charge on any atom is 0.174 e. The molecule has 1 aliphatic heterocycles. The Morgan fingerprint density at radius 2 is 1.87 bits per heavy atom. The van der Waals surface area contributed by atoms with Gasteiger partial charge in [0.2, 0.25) is 0 Å². The fourth-order valence-corrected chi connectivity index (χ4v) is 5.04. The van der Waals surface area contributed by atoms with Gasteiger partial charge in [-0.05, 0) is 85.9 Å². The molecule has 2 atom stereocenters.